The Morgan fingerprint density at radius 2 is 1.80 bits per heavy atom. The summed E-state index contributed by atoms with van der Waals surface area (Å²) in [5.41, 5.74) is 2.10. The first kappa shape index (κ1) is 12.6. The van der Waals surface area contributed by atoms with Gasteiger partial charge in [-0.25, -0.2) is 4.79 Å². The quantitative estimate of drug-likeness (QED) is 0.442. The first-order chi connectivity index (χ1) is 6.80. The summed E-state index contributed by atoms with van der Waals surface area (Å²) in [6.07, 6.45) is 0. The highest BCUT2D eigenvalue weighted by Gasteiger charge is 2.33. The highest BCUT2D eigenvalue weighted by atomic mass is 35.6. The molecular formula is C10H9Cl3O2. The number of carbonyl (C=O) groups is 1. The molecule has 0 amide bonds. The van der Waals surface area contributed by atoms with Crippen LogP contribution in [0.3, 0.4) is 0 Å². The molecule has 1 aromatic carbocycles. The van der Waals surface area contributed by atoms with Gasteiger partial charge in [-0.15, -0.1) is 0 Å². The molecule has 0 fully saturated rings. The molecule has 0 spiro atoms. The lowest BCUT2D eigenvalue weighted by Crippen LogP contribution is -2.24. The lowest BCUT2D eigenvalue weighted by atomic mass is 10.1. The molecule has 0 aromatic heterocycles. The fraction of sp³-hybridized carbons (Fsp3) is 0.300. The molecule has 5 heteroatoms. The van der Waals surface area contributed by atoms with E-state index in [2.05, 4.69) is 0 Å². The molecule has 0 heterocycles. The number of halogens is 3. The Bertz CT molecular complexity index is 383. The van der Waals surface area contributed by atoms with Crippen molar-refractivity contribution in [2.24, 2.45) is 0 Å². The number of alkyl halides is 3. The van der Waals surface area contributed by atoms with Gasteiger partial charge in [0.25, 0.3) is 3.79 Å². The largest absolute Gasteiger partial charge is 0.423 e. The van der Waals surface area contributed by atoms with Crippen molar-refractivity contribution in [1.29, 1.82) is 0 Å². The summed E-state index contributed by atoms with van der Waals surface area (Å²) in [7, 11) is 0. The number of ether oxygens (including phenoxy) is 1. The van der Waals surface area contributed by atoms with Gasteiger partial charge in [-0.2, -0.15) is 0 Å². The van der Waals surface area contributed by atoms with E-state index in [-0.39, 0.29) is 0 Å². The second-order valence-electron chi connectivity index (χ2n) is 3.13. The van der Waals surface area contributed by atoms with Crippen LogP contribution < -0.4 is 4.74 Å². The van der Waals surface area contributed by atoms with Crippen LogP contribution in [0, 0.1) is 13.8 Å². The summed E-state index contributed by atoms with van der Waals surface area (Å²) < 4.78 is 2.84. The van der Waals surface area contributed by atoms with Crippen LogP contribution in [0.4, 0.5) is 0 Å². The number of benzene rings is 1. The topological polar surface area (TPSA) is 26.3 Å². The molecular weight excluding hydrogens is 258 g/mol. The number of carbonyl (C=O) groups excluding carboxylic acids is 1. The van der Waals surface area contributed by atoms with Gasteiger partial charge in [0, 0.05) is 0 Å². The Balaban J connectivity index is 2.83. The van der Waals surface area contributed by atoms with Crippen LogP contribution in [-0.4, -0.2) is 9.76 Å². The van der Waals surface area contributed by atoms with E-state index in [1.807, 2.05) is 19.9 Å². The second kappa shape index (κ2) is 4.60. The number of aryl methyl sites for hydroxylation is 2. The summed E-state index contributed by atoms with van der Waals surface area (Å²) in [4.78, 5) is 11.2. The molecule has 0 N–H and O–H groups in total. The van der Waals surface area contributed by atoms with Crippen molar-refractivity contribution in [2.75, 3.05) is 0 Å². The van der Waals surface area contributed by atoms with E-state index in [0.29, 0.717) is 5.75 Å². The number of rotatable bonds is 1. The highest BCUT2D eigenvalue weighted by Crippen LogP contribution is 2.28. The molecule has 82 valence electrons. The zero-order valence-electron chi connectivity index (χ0n) is 8.18. The minimum absolute atomic E-state index is 0.370. The van der Waals surface area contributed by atoms with Gasteiger partial charge in [-0.3, -0.25) is 0 Å². The molecule has 0 saturated carbocycles. The lowest BCUT2D eigenvalue weighted by molar-refractivity contribution is -0.133. The Hall–Kier alpha value is -0.440. The third-order valence-electron chi connectivity index (χ3n) is 1.92. The SMILES string of the molecule is Cc1ccc(OC(=O)C(Cl)(Cl)Cl)cc1C. The smallest absolute Gasteiger partial charge is 0.363 e. The van der Waals surface area contributed by atoms with Crippen LogP contribution in [-0.2, 0) is 4.79 Å². The van der Waals surface area contributed by atoms with Gasteiger partial charge >= 0.3 is 5.97 Å². The van der Waals surface area contributed by atoms with Crippen LogP contribution in [0.1, 0.15) is 11.1 Å². The van der Waals surface area contributed by atoms with E-state index < -0.39 is 9.76 Å². The fourth-order valence-corrected chi connectivity index (χ4v) is 1.06. The van der Waals surface area contributed by atoms with Gasteiger partial charge < -0.3 is 4.74 Å². The summed E-state index contributed by atoms with van der Waals surface area (Å²) in [5.74, 6) is -0.537. The maximum Gasteiger partial charge on any atom is 0.363 e. The molecule has 1 rings (SSSR count). The van der Waals surface area contributed by atoms with Gasteiger partial charge in [-0.1, -0.05) is 40.9 Å². The monoisotopic (exact) mass is 266 g/mol. The summed E-state index contributed by atoms with van der Waals surface area (Å²) in [5, 5.41) is 0. The van der Waals surface area contributed by atoms with E-state index in [1.54, 1.807) is 12.1 Å². The Morgan fingerprint density at radius 1 is 1.20 bits per heavy atom. The normalized spacial score (nSPS) is 11.3. The van der Waals surface area contributed by atoms with Crippen molar-refractivity contribution in [1.82, 2.24) is 0 Å². The minimum atomic E-state index is -2.04. The lowest BCUT2D eigenvalue weighted by Gasteiger charge is -2.11. The summed E-state index contributed by atoms with van der Waals surface area (Å²) >= 11 is 16.1. The van der Waals surface area contributed by atoms with Crippen LogP contribution in [0.5, 0.6) is 5.75 Å². The van der Waals surface area contributed by atoms with Gasteiger partial charge in [0.05, 0.1) is 0 Å². The van der Waals surface area contributed by atoms with E-state index in [0.717, 1.165) is 11.1 Å². The molecule has 0 aliphatic heterocycles. The van der Waals surface area contributed by atoms with Gasteiger partial charge in [0.1, 0.15) is 5.75 Å². The Labute approximate surface area is 103 Å². The van der Waals surface area contributed by atoms with Crippen molar-refractivity contribution in [3.8, 4) is 5.75 Å². The number of hydrogen-bond donors (Lipinski definition) is 0. The predicted molar refractivity (Wildman–Crippen MR) is 61.8 cm³/mol. The minimum Gasteiger partial charge on any atom is -0.423 e. The first-order valence-electron chi connectivity index (χ1n) is 4.17. The standard InChI is InChI=1S/C10H9Cl3O2/c1-6-3-4-8(5-7(6)2)15-9(14)10(11,12)13/h3-5H,1-2H3. The maximum absolute atomic E-state index is 11.2. The fourth-order valence-electron chi connectivity index (χ4n) is 0.942. The average Bonchev–Trinajstić information content (AvgIpc) is 2.10. The molecule has 0 bridgehead atoms. The second-order valence-corrected chi connectivity index (χ2v) is 5.41. The molecule has 1 aromatic rings. The number of esters is 1. The Kier molecular flexibility index (Phi) is 3.87. The van der Waals surface area contributed by atoms with Gasteiger partial charge in [0.15, 0.2) is 0 Å². The van der Waals surface area contributed by atoms with Crippen molar-refractivity contribution >= 4 is 40.8 Å². The molecule has 0 atom stereocenters. The van der Waals surface area contributed by atoms with Gasteiger partial charge in [-0.05, 0) is 37.1 Å². The third kappa shape index (κ3) is 3.56. The van der Waals surface area contributed by atoms with E-state index in [9.17, 15) is 4.79 Å². The molecule has 0 aliphatic carbocycles. The molecule has 15 heavy (non-hydrogen) atoms. The van der Waals surface area contributed by atoms with Crippen molar-refractivity contribution in [3.63, 3.8) is 0 Å². The van der Waals surface area contributed by atoms with Gasteiger partial charge in [0.2, 0.25) is 0 Å². The van der Waals surface area contributed by atoms with Crippen molar-refractivity contribution < 1.29 is 9.53 Å². The van der Waals surface area contributed by atoms with E-state index >= 15 is 0 Å². The van der Waals surface area contributed by atoms with Crippen LogP contribution in [0.15, 0.2) is 18.2 Å². The van der Waals surface area contributed by atoms with Crippen LogP contribution >= 0.6 is 34.8 Å². The molecule has 2 nitrogen and oxygen atoms in total. The first-order valence-corrected chi connectivity index (χ1v) is 5.30. The predicted octanol–water partition coefficient (Wildman–Crippen LogP) is 3.58. The van der Waals surface area contributed by atoms with Crippen LogP contribution in [0.25, 0.3) is 0 Å². The maximum atomic E-state index is 11.2. The van der Waals surface area contributed by atoms with Crippen LogP contribution in [0.2, 0.25) is 0 Å². The average molecular weight is 268 g/mol. The zero-order chi connectivity index (χ0) is 11.6. The highest BCUT2D eigenvalue weighted by molar-refractivity contribution is 6.75. The zero-order valence-corrected chi connectivity index (χ0v) is 10.5. The number of hydrogen-bond acceptors (Lipinski definition) is 2. The van der Waals surface area contributed by atoms with Crippen molar-refractivity contribution in [3.05, 3.63) is 29.3 Å². The van der Waals surface area contributed by atoms with E-state index in [1.165, 1.54) is 0 Å². The molecule has 0 radical (unpaired) electrons. The molecule has 0 aliphatic rings. The molecule has 0 saturated heterocycles. The molecule has 0 unspecified atom stereocenters. The van der Waals surface area contributed by atoms with E-state index in [4.69, 9.17) is 39.5 Å². The Morgan fingerprint density at radius 3 is 2.27 bits per heavy atom. The summed E-state index contributed by atoms with van der Waals surface area (Å²) in [6, 6.07) is 5.19. The van der Waals surface area contributed by atoms with Crippen molar-refractivity contribution in [2.45, 2.75) is 17.6 Å². The third-order valence-corrected chi connectivity index (χ3v) is 2.38. The summed E-state index contributed by atoms with van der Waals surface area (Å²) in [6.45, 7) is 3.86.